The molecule has 1 aliphatic rings. The van der Waals surface area contributed by atoms with Gasteiger partial charge in [0.1, 0.15) is 11.2 Å². The highest BCUT2D eigenvalue weighted by molar-refractivity contribution is 7.17. The maximum absolute atomic E-state index is 14.1. The molecule has 1 saturated carbocycles. The normalized spacial score (nSPS) is 17.4. The number of amides is 2. The summed E-state index contributed by atoms with van der Waals surface area (Å²) in [6.45, 7) is 13.2. The molecule has 0 saturated heterocycles. The van der Waals surface area contributed by atoms with Crippen molar-refractivity contribution in [2.24, 2.45) is 5.92 Å². The van der Waals surface area contributed by atoms with Crippen LogP contribution in [-0.2, 0) is 11.3 Å². The fourth-order valence-electron chi connectivity index (χ4n) is 5.24. The van der Waals surface area contributed by atoms with Crippen LogP contribution < -0.4 is 19.5 Å². The molecule has 1 aliphatic carbocycles. The highest BCUT2D eigenvalue weighted by Crippen LogP contribution is 2.40. The third-order valence-electron chi connectivity index (χ3n) is 7.61. The second-order valence-electron chi connectivity index (χ2n) is 11.0. The molecular weight excluding hydrogens is 526 g/mol. The van der Waals surface area contributed by atoms with E-state index in [-0.39, 0.29) is 24.4 Å². The Morgan fingerprint density at radius 2 is 1.62 bits per heavy atom. The summed E-state index contributed by atoms with van der Waals surface area (Å²) in [7, 11) is 0. The second kappa shape index (κ2) is 13.0. The molecule has 2 heterocycles. The fraction of sp³-hybridized carbons (Fsp3) is 0.548. The smallest absolute Gasteiger partial charge is 0.271 e. The molecule has 1 aromatic carbocycles. The van der Waals surface area contributed by atoms with Gasteiger partial charge in [0.25, 0.3) is 5.91 Å². The van der Waals surface area contributed by atoms with E-state index in [0.717, 1.165) is 41.5 Å². The van der Waals surface area contributed by atoms with E-state index >= 15 is 0 Å². The quantitative estimate of drug-likeness (QED) is 0.258. The molecule has 2 N–H and O–H groups in total. The summed E-state index contributed by atoms with van der Waals surface area (Å²) in [5.74, 6) is 1.93. The number of hydrogen-bond donors (Lipinski definition) is 2. The number of nitrogens with one attached hydrogen (secondary N) is 2. The van der Waals surface area contributed by atoms with Crippen LogP contribution in [0.25, 0.3) is 10.2 Å². The zero-order valence-corrected chi connectivity index (χ0v) is 25.4. The van der Waals surface area contributed by atoms with Crippen LogP contribution in [0.3, 0.4) is 0 Å². The van der Waals surface area contributed by atoms with Gasteiger partial charge in [0.15, 0.2) is 11.5 Å². The number of aromatic nitrogens is 1. The van der Waals surface area contributed by atoms with E-state index in [1.807, 2.05) is 64.3 Å². The Kier molecular flexibility index (Phi) is 9.66. The first-order valence-corrected chi connectivity index (χ1v) is 15.3. The average Bonchev–Trinajstić information content (AvgIpc) is 3.53. The minimum absolute atomic E-state index is 0.121. The SMILES string of the molecule is CCOc1cc(CN(C(=O)c2cc3sccc3[nH]2)C(C)(C)C(=O)NC2CCC(C)CC2)cc(OCC)c1OCC. The van der Waals surface area contributed by atoms with Gasteiger partial charge in [-0.1, -0.05) is 6.92 Å². The summed E-state index contributed by atoms with van der Waals surface area (Å²) < 4.78 is 18.7. The highest BCUT2D eigenvalue weighted by Gasteiger charge is 2.40. The van der Waals surface area contributed by atoms with Gasteiger partial charge in [-0.3, -0.25) is 9.59 Å². The van der Waals surface area contributed by atoms with Gasteiger partial charge >= 0.3 is 0 Å². The average molecular weight is 570 g/mol. The van der Waals surface area contributed by atoms with Crippen molar-refractivity contribution in [3.63, 3.8) is 0 Å². The van der Waals surface area contributed by atoms with Gasteiger partial charge in [0.2, 0.25) is 11.7 Å². The van der Waals surface area contributed by atoms with Crippen LogP contribution in [0.15, 0.2) is 29.6 Å². The van der Waals surface area contributed by atoms with Crippen LogP contribution >= 0.6 is 11.3 Å². The van der Waals surface area contributed by atoms with Crippen molar-refractivity contribution in [1.82, 2.24) is 15.2 Å². The number of carbonyl (C=O) groups excluding carboxylic acids is 2. The molecule has 0 atom stereocenters. The number of nitrogens with zero attached hydrogens (tertiary/aromatic N) is 1. The summed E-state index contributed by atoms with van der Waals surface area (Å²) in [4.78, 5) is 32.8. The van der Waals surface area contributed by atoms with Crippen LogP contribution in [-0.4, -0.2) is 53.1 Å². The van der Waals surface area contributed by atoms with E-state index in [4.69, 9.17) is 14.2 Å². The third kappa shape index (κ3) is 6.57. The van der Waals surface area contributed by atoms with Gasteiger partial charge in [-0.2, -0.15) is 0 Å². The number of fused-ring (bicyclic) bond motifs is 1. The van der Waals surface area contributed by atoms with Gasteiger partial charge in [-0.25, -0.2) is 0 Å². The molecule has 4 rings (SSSR count). The van der Waals surface area contributed by atoms with Gasteiger partial charge in [0.05, 0.1) is 30.0 Å². The Morgan fingerprint density at radius 1 is 1.00 bits per heavy atom. The van der Waals surface area contributed by atoms with E-state index in [2.05, 4.69) is 17.2 Å². The summed E-state index contributed by atoms with van der Waals surface area (Å²) in [6, 6.07) is 7.69. The molecular formula is C31H43N3O5S. The lowest BCUT2D eigenvalue weighted by Crippen LogP contribution is -2.58. The van der Waals surface area contributed by atoms with E-state index in [9.17, 15) is 9.59 Å². The minimum Gasteiger partial charge on any atom is -0.490 e. The number of aromatic amines is 1. The topological polar surface area (TPSA) is 92.9 Å². The first-order chi connectivity index (χ1) is 19.2. The molecule has 1 fully saturated rings. The van der Waals surface area contributed by atoms with Gasteiger partial charge in [0, 0.05) is 12.6 Å². The molecule has 2 aromatic heterocycles. The lowest BCUT2D eigenvalue weighted by molar-refractivity contribution is -0.131. The molecule has 0 unspecified atom stereocenters. The number of hydrogen-bond acceptors (Lipinski definition) is 6. The van der Waals surface area contributed by atoms with Crippen molar-refractivity contribution in [2.75, 3.05) is 19.8 Å². The van der Waals surface area contributed by atoms with Crippen molar-refractivity contribution in [3.05, 3.63) is 40.9 Å². The first kappa shape index (κ1) is 29.8. The molecule has 9 heteroatoms. The zero-order chi connectivity index (χ0) is 28.9. The standard InChI is InChI=1S/C31H43N3O5S/c1-7-37-25-16-21(17-26(38-8-2)28(25)39-9-3)19-34(29(35)24-18-27-23(33-24)14-15-40-27)31(5,6)30(36)32-22-12-10-20(4)11-13-22/h14-18,20,22,33H,7-13,19H2,1-6H3,(H,32,36). The maximum Gasteiger partial charge on any atom is 0.271 e. The summed E-state index contributed by atoms with van der Waals surface area (Å²) >= 11 is 1.57. The summed E-state index contributed by atoms with van der Waals surface area (Å²) in [5, 5.41) is 5.24. The molecule has 0 radical (unpaired) electrons. The second-order valence-corrected chi connectivity index (χ2v) is 11.9. The Labute approximate surface area is 241 Å². The Hall–Kier alpha value is -3.20. The molecule has 2 amide bonds. The molecule has 40 heavy (non-hydrogen) atoms. The van der Waals surface area contributed by atoms with Crippen molar-refractivity contribution >= 4 is 33.4 Å². The van der Waals surface area contributed by atoms with E-state index in [1.54, 1.807) is 16.2 Å². The predicted octanol–water partition coefficient (Wildman–Crippen LogP) is 6.54. The third-order valence-corrected chi connectivity index (χ3v) is 8.47. The number of H-pyrrole nitrogens is 1. The molecule has 0 spiro atoms. The molecule has 218 valence electrons. The lowest BCUT2D eigenvalue weighted by Gasteiger charge is -2.39. The van der Waals surface area contributed by atoms with Crippen LogP contribution in [0.4, 0.5) is 0 Å². The Morgan fingerprint density at radius 3 is 2.20 bits per heavy atom. The summed E-state index contributed by atoms with van der Waals surface area (Å²) in [5.41, 5.74) is 1.01. The Balaban J connectivity index is 1.70. The molecule has 0 bridgehead atoms. The van der Waals surface area contributed by atoms with Crippen LogP contribution in [0.5, 0.6) is 17.2 Å². The molecule has 8 nitrogen and oxygen atoms in total. The highest BCUT2D eigenvalue weighted by atomic mass is 32.1. The van der Waals surface area contributed by atoms with Crippen molar-refractivity contribution < 1.29 is 23.8 Å². The molecule has 3 aromatic rings. The largest absolute Gasteiger partial charge is 0.490 e. The van der Waals surface area contributed by atoms with Crippen LogP contribution in [0.1, 0.15) is 83.3 Å². The number of thiophene rings is 1. The minimum atomic E-state index is -1.13. The van der Waals surface area contributed by atoms with Crippen LogP contribution in [0.2, 0.25) is 0 Å². The molecule has 0 aliphatic heterocycles. The van der Waals surface area contributed by atoms with Crippen molar-refractivity contribution in [2.45, 2.75) is 85.4 Å². The number of ether oxygens (including phenoxy) is 3. The number of rotatable bonds is 12. The lowest BCUT2D eigenvalue weighted by atomic mass is 9.87. The first-order valence-electron chi connectivity index (χ1n) is 14.4. The predicted molar refractivity (Wildman–Crippen MR) is 160 cm³/mol. The zero-order valence-electron chi connectivity index (χ0n) is 24.6. The fourth-order valence-corrected chi connectivity index (χ4v) is 6.02. The van der Waals surface area contributed by atoms with Gasteiger partial charge in [-0.15, -0.1) is 11.3 Å². The van der Waals surface area contributed by atoms with Crippen molar-refractivity contribution in [3.8, 4) is 17.2 Å². The Bertz CT molecular complexity index is 1250. The van der Waals surface area contributed by atoms with Gasteiger partial charge in [-0.05, 0) is 101 Å². The number of benzene rings is 1. The number of carbonyl (C=O) groups is 2. The maximum atomic E-state index is 14.1. The monoisotopic (exact) mass is 569 g/mol. The van der Waals surface area contributed by atoms with E-state index in [0.29, 0.717) is 48.7 Å². The van der Waals surface area contributed by atoms with E-state index in [1.165, 1.54) is 0 Å². The summed E-state index contributed by atoms with van der Waals surface area (Å²) in [6.07, 6.45) is 4.11. The van der Waals surface area contributed by atoms with E-state index < -0.39 is 5.54 Å². The van der Waals surface area contributed by atoms with Crippen molar-refractivity contribution in [1.29, 1.82) is 0 Å². The van der Waals surface area contributed by atoms with Crippen LogP contribution in [0, 0.1) is 5.92 Å². The van der Waals surface area contributed by atoms with Gasteiger partial charge < -0.3 is 29.4 Å².